The number of fused-ring (bicyclic) bond motifs is 1. The van der Waals surface area contributed by atoms with Crippen LogP contribution < -0.4 is 4.74 Å². The molecule has 0 radical (unpaired) electrons. The molecule has 0 fully saturated rings. The maximum absolute atomic E-state index is 12.8. The van der Waals surface area contributed by atoms with Gasteiger partial charge in [-0.15, -0.1) is 0 Å². The predicted molar refractivity (Wildman–Crippen MR) is 99.1 cm³/mol. The van der Waals surface area contributed by atoms with Gasteiger partial charge in [0.2, 0.25) is 0 Å². The van der Waals surface area contributed by atoms with Crippen molar-refractivity contribution in [1.82, 2.24) is 14.9 Å². The van der Waals surface area contributed by atoms with Crippen molar-refractivity contribution in [3.63, 3.8) is 0 Å². The number of aromatic amines is 1. The summed E-state index contributed by atoms with van der Waals surface area (Å²) in [6.07, 6.45) is 1.78. The Morgan fingerprint density at radius 2 is 2.00 bits per heavy atom. The molecule has 3 rings (SSSR count). The van der Waals surface area contributed by atoms with Gasteiger partial charge in [-0.25, -0.2) is 0 Å². The van der Waals surface area contributed by atoms with Gasteiger partial charge < -0.3 is 14.6 Å². The minimum Gasteiger partial charge on any atom is -0.496 e. The molecule has 1 aromatic carbocycles. The van der Waals surface area contributed by atoms with Gasteiger partial charge in [0.25, 0.3) is 5.91 Å². The van der Waals surface area contributed by atoms with Crippen molar-refractivity contribution in [2.75, 3.05) is 14.2 Å². The molecule has 0 saturated carbocycles. The van der Waals surface area contributed by atoms with E-state index in [1.807, 2.05) is 45.0 Å². The van der Waals surface area contributed by atoms with Crippen molar-refractivity contribution in [2.45, 2.75) is 27.3 Å². The normalized spacial score (nSPS) is 10.9. The van der Waals surface area contributed by atoms with Gasteiger partial charge in [-0.05, 0) is 38.5 Å². The van der Waals surface area contributed by atoms with Crippen LogP contribution in [0.3, 0.4) is 0 Å². The number of rotatable bonds is 4. The number of nitrogens with one attached hydrogen (secondary N) is 1. The molecule has 0 atom stereocenters. The Labute approximate surface area is 147 Å². The Morgan fingerprint density at radius 1 is 1.24 bits per heavy atom. The van der Waals surface area contributed by atoms with E-state index in [4.69, 9.17) is 4.74 Å². The number of methoxy groups -OCH3 is 1. The highest BCUT2D eigenvalue weighted by Gasteiger charge is 2.17. The number of pyridine rings is 1. The summed E-state index contributed by atoms with van der Waals surface area (Å²) >= 11 is 0. The van der Waals surface area contributed by atoms with Crippen LogP contribution in [-0.2, 0) is 6.54 Å². The molecule has 130 valence electrons. The summed E-state index contributed by atoms with van der Waals surface area (Å²) in [7, 11) is 3.44. The van der Waals surface area contributed by atoms with Crippen molar-refractivity contribution in [3.8, 4) is 5.75 Å². The van der Waals surface area contributed by atoms with Crippen LogP contribution in [0.1, 0.15) is 32.9 Å². The van der Waals surface area contributed by atoms with Gasteiger partial charge in [-0.2, -0.15) is 0 Å². The SMILES string of the molecule is COc1c(C)cnc(CN(C)C(=O)c2cc3ccc(C)cc3[nH]2)c1C. The van der Waals surface area contributed by atoms with Crippen LogP contribution in [0, 0.1) is 20.8 Å². The highest BCUT2D eigenvalue weighted by molar-refractivity contribution is 5.98. The van der Waals surface area contributed by atoms with Gasteiger partial charge >= 0.3 is 0 Å². The van der Waals surface area contributed by atoms with Crippen LogP contribution in [0.15, 0.2) is 30.5 Å². The van der Waals surface area contributed by atoms with Crippen molar-refractivity contribution < 1.29 is 9.53 Å². The van der Waals surface area contributed by atoms with Crippen molar-refractivity contribution in [1.29, 1.82) is 0 Å². The lowest BCUT2D eigenvalue weighted by Gasteiger charge is -2.19. The Kier molecular flexibility index (Phi) is 4.49. The average molecular weight is 337 g/mol. The number of carbonyl (C=O) groups excluding carboxylic acids is 1. The van der Waals surface area contributed by atoms with Gasteiger partial charge in [0, 0.05) is 35.3 Å². The first-order valence-electron chi connectivity index (χ1n) is 8.24. The third-order valence-electron chi connectivity index (χ3n) is 4.49. The molecule has 1 amide bonds. The maximum Gasteiger partial charge on any atom is 0.270 e. The van der Waals surface area contributed by atoms with E-state index in [-0.39, 0.29) is 5.91 Å². The van der Waals surface area contributed by atoms with Crippen LogP contribution in [-0.4, -0.2) is 34.9 Å². The van der Waals surface area contributed by atoms with Crippen LogP contribution in [0.4, 0.5) is 0 Å². The fourth-order valence-electron chi connectivity index (χ4n) is 3.09. The monoisotopic (exact) mass is 337 g/mol. The summed E-state index contributed by atoms with van der Waals surface area (Å²) in [5, 5.41) is 1.04. The van der Waals surface area contributed by atoms with Crippen LogP contribution >= 0.6 is 0 Å². The lowest BCUT2D eigenvalue weighted by molar-refractivity contribution is 0.0778. The molecule has 0 aliphatic rings. The minimum atomic E-state index is -0.0606. The number of ether oxygens (including phenoxy) is 1. The number of carbonyl (C=O) groups is 1. The second kappa shape index (κ2) is 6.59. The molecule has 0 saturated heterocycles. The molecule has 5 heteroatoms. The number of aryl methyl sites for hydroxylation is 2. The lowest BCUT2D eigenvalue weighted by atomic mass is 10.1. The third kappa shape index (κ3) is 3.22. The standard InChI is InChI=1S/C20H23N3O2/c1-12-6-7-15-9-17(22-16(15)8-12)20(24)23(4)11-18-14(3)19(25-5)13(2)10-21-18/h6-10,22H,11H2,1-5H3. The molecule has 3 aromatic rings. The first-order valence-corrected chi connectivity index (χ1v) is 8.24. The van der Waals surface area contributed by atoms with Crippen LogP contribution in [0.2, 0.25) is 0 Å². The number of aromatic nitrogens is 2. The quantitative estimate of drug-likeness (QED) is 0.788. The van der Waals surface area contributed by atoms with Gasteiger partial charge in [-0.3, -0.25) is 9.78 Å². The fourth-order valence-corrected chi connectivity index (χ4v) is 3.09. The van der Waals surface area contributed by atoms with E-state index < -0.39 is 0 Å². The second-order valence-corrected chi connectivity index (χ2v) is 6.48. The molecule has 0 aliphatic heterocycles. The number of amides is 1. The summed E-state index contributed by atoms with van der Waals surface area (Å²) in [5.41, 5.74) is 5.51. The predicted octanol–water partition coefficient (Wildman–Crippen LogP) is 3.77. The summed E-state index contributed by atoms with van der Waals surface area (Å²) in [6.45, 7) is 6.39. The summed E-state index contributed by atoms with van der Waals surface area (Å²) in [6, 6.07) is 8.00. The Morgan fingerprint density at radius 3 is 2.72 bits per heavy atom. The molecule has 5 nitrogen and oxygen atoms in total. The Hall–Kier alpha value is -2.82. The minimum absolute atomic E-state index is 0.0606. The van der Waals surface area contributed by atoms with Gasteiger partial charge in [0.15, 0.2) is 0 Å². The largest absolute Gasteiger partial charge is 0.496 e. The van der Waals surface area contributed by atoms with Crippen LogP contribution in [0.25, 0.3) is 10.9 Å². The molecule has 0 bridgehead atoms. The number of H-pyrrole nitrogens is 1. The zero-order chi connectivity index (χ0) is 18.1. The van der Waals surface area contributed by atoms with E-state index in [0.717, 1.165) is 39.0 Å². The average Bonchev–Trinajstić information content (AvgIpc) is 3.00. The molecule has 2 aromatic heterocycles. The van der Waals surface area contributed by atoms with E-state index >= 15 is 0 Å². The van der Waals surface area contributed by atoms with E-state index in [9.17, 15) is 4.79 Å². The van der Waals surface area contributed by atoms with Gasteiger partial charge in [0.1, 0.15) is 11.4 Å². The van der Waals surface area contributed by atoms with E-state index in [0.29, 0.717) is 12.2 Å². The number of hydrogen-bond acceptors (Lipinski definition) is 3. The molecule has 0 spiro atoms. The van der Waals surface area contributed by atoms with E-state index in [1.165, 1.54) is 0 Å². The number of nitrogens with zero attached hydrogens (tertiary/aromatic N) is 2. The molecular weight excluding hydrogens is 314 g/mol. The van der Waals surface area contributed by atoms with Crippen molar-refractivity contribution in [2.24, 2.45) is 0 Å². The van der Waals surface area contributed by atoms with Gasteiger partial charge in [-0.1, -0.05) is 12.1 Å². The summed E-state index contributed by atoms with van der Waals surface area (Å²) in [4.78, 5) is 22.1. The maximum atomic E-state index is 12.8. The second-order valence-electron chi connectivity index (χ2n) is 6.48. The lowest BCUT2D eigenvalue weighted by Crippen LogP contribution is -2.27. The van der Waals surface area contributed by atoms with E-state index in [1.54, 1.807) is 25.3 Å². The molecular formula is C20H23N3O2. The molecule has 25 heavy (non-hydrogen) atoms. The van der Waals surface area contributed by atoms with Gasteiger partial charge in [0.05, 0.1) is 19.3 Å². The summed E-state index contributed by atoms with van der Waals surface area (Å²) < 4.78 is 5.44. The zero-order valence-corrected chi connectivity index (χ0v) is 15.3. The van der Waals surface area contributed by atoms with E-state index in [2.05, 4.69) is 9.97 Å². The first kappa shape index (κ1) is 17.0. The highest BCUT2D eigenvalue weighted by atomic mass is 16.5. The fraction of sp³-hybridized carbons (Fsp3) is 0.300. The molecule has 0 aliphatic carbocycles. The van der Waals surface area contributed by atoms with Crippen molar-refractivity contribution >= 4 is 16.8 Å². The topological polar surface area (TPSA) is 58.2 Å². The first-order chi connectivity index (χ1) is 11.9. The summed E-state index contributed by atoms with van der Waals surface area (Å²) in [5.74, 6) is 0.765. The smallest absolute Gasteiger partial charge is 0.270 e. The van der Waals surface area contributed by atoms with Crippen molar-refractivity contribution in [3.05, 3.63) is 58.5 Å². The Bertz CT molecular complexity index is 944. The highest BCUT2D eigenvalue weighted by Crippen LogP contribution is 2.25. The zero-order valence-electron chi connectivity index (χ0n) is 15.3. The number of hydrogen-bond donors (Lipinski definition) is 1. The van der Waals surface area contributed by atoms with Crippen LogP contribution in [0.5, 0.6) is 5.75 Å². The molecule has 1 N–H and O–H groups in total. The Balaban J connectivity index is 1.85. The molecule has 2 heterocycles. The number of benzene rings is 1. The molecule has 0 unspecified atom stereocenters. The third-order valence-corrected chi connectivity index (χ3v) is 4.49.